The van der Waals surface area contributed by atoms with E-state index in [1.165, 1.54) is 6.92 Å². The molecule has 5 heteroatoms. The van der Waals surface area contributed by atoms with Crippen LogP contribution in [0, 0.1) is 30.1 Å². The van der Waals surface area contributed by atoms with Crippen LogP contribution in [-0.2, 0) is 16.1 Å². The summed E-state index contributed by atoms with van der Waals surface area (Å²) in [6, 6.07) is 3.87. The van der Waals surface area contributed by atoms with E-state index in [9.17, 15) is 9.90 Å². The van der Waals surface area contributed by atoms with Gasteiger partial charge in [0.05, 0.1) is 18.4 Å². The average molecular weight is 375 g/mol. The molecule has 149 valence electrons. The highest BCUT2D eigenvalue weighted by Gasteiger charge is 2.52. The predicted molar refractivity (Wildman–Crippen MR) is 104 cm³/mol. The van der Waals surface area contributed by atoms with Crippen LogP contribution in [0.3, 0.4) is 0 Å². The molecule has 2 aliphatic carbocycles. The van der Waals surface area contributed by atoms with Crippen LogP contribution in [0.1, 0.15) is 46.3 Å². The molecule has 1 aromatic heterocycles. The minimum absolute atomic E-state index is 0.0495. The summed E-state index contributed by atoms with van der Waals surface area (Å²) in [5.41, 5.74) is 0.0763. The number of hydrogen-bond donors (Lipinski definition) is 2. The van der Waals surface area contributed by atoms with Crippen LogP contribution in [0.4, 0.5) is 0 Å². The summed E-state index contributed by atoms with van der Waals surface area (Å²) in [5.74, 6) is 1.59. The van der Waals surface area contributed by atoms with Crippen molar-refractivity contribution < 1.29 is 19.1 Å². The van der Waals surface area contributed by atoms with Crippen LogP contribution in [-0.4, -0.2) is 29.3 Å². The second-order valence-corrected chi connectivity index (χ2v) is 8.35. The highest BCUT2D eigenvalue weighted by molar-refractivity contribution is 5.66. The monoisotopic (exact) mass is 374 g/mol. The lowest BCUT2D eigenvalue weighted by Gasteiger charge is -2.52. The van der Waals surface area contributed by atoms with E-state index in [4.69, 9.17) is 9.15 Å². The first-order valence-electron chi connectivity index (χ1n) is 9.98. The van der Waals surface area contributed by atoms with Gasteiger partial charge in [-0.3, -0.25) is 4.79 Å². The van der Waals surface area contributed by atoms with E-state index < -0.39 is 11.7 Å². The topological polar surface area (TPSA) is 71.7 Å². The Morgan fingerprint density at radius 1 is 1.48 bits per heavy atom. The molecule has 2 N–H and O–H groups in total. The molecule has 0 aliphatic heterocycles. The summed E-state index contributed by atoms with van der Waals surface area (Å²) in [7, 11) is 0. The number of furan rings is 1. The SMILES string of the molecule is CC(=O)O[C@@H]1[CH][C@@]2(O)[C@H](C)CC[C@@H](C(C)CNCc3ccco3)[C@H]2C=C1C. The first-order valence-corrected chi connectivity index (χ1v) is 9.98. The summed E-state index contributed by atoms with van der Waals surface area (Å²) < 4.78 is 10.8. The van der Waals surface area contributed by atoms with E-state index in [0.29, 0.717) is 18.4 Å². The fraction of sp³-hybridized carbons (Fsp3) is 0.636. The van der Waals surface area contributed by atoms with Gasteiger partial charge in [-0.05, 0) is 61.8 Å². The molecule has 27 heavy (non-hydrogen) atoms. The molecule has 0 aromatic carbocycles. The summed E-state index contributed by atoms with van der Waals surface area (Å²) in [6.07, 6.45) is 7.33. The van der Waals surface area contributed by atoms with Crippen molar-refractivity contribution in [2.24, 2.45) is 23.7 Å². The molecule has 6 atom stereocenters. The van der Waals surface area contributed by atoms with Crippen molar-refractivity contribution in [2.75, 3.05) is 6.54 Å². The maximum Gasteiger partial charge on any atom is 0.303 e. The minimum atomic E-state index is -0.933. The van der Waals surface area contributed by atoms with Gasteiger partial charge in [-0.1, -0.05) is 19.9 Å². The molecule has 1 radical (unpaired) electrons. The van der Waals surface area contributed by atoms with Crippen molar-refractivity contribution in [3.63, 3.8) is 0 Å². The third-order valence-corrected chi connectivity index (χ3v) is 6.40. The van der Waals surface area contributed by atoms with Crippen LogP contribution < -0.4 is 5.32 Å². The van der Waals surface area contributed by atoms with Crippen molar-refractivity contribution in [3.05, 3.63) is 42.2 Å². The average Bonchev–Trinajstić information content (AvgIpc) is 3.11. The Balaban J connectivity index is 1.70. The molecule has 0 amide bonds. The molecule has 5 nitrogen and oxygen atoms in total. The van der Waals surface area contributed by atoms with Crippen molar-refractivity contribution in [3.8, 4) is 0 Å². The summed E-state index contributed by atoms with van der Waals surface area (Å²) in [6.45, 7) is 9.32. The second kappa shape index (κ2) is 8.19. The maximum absolute atomic E-state index is 11.5. The lowest BCUT2D eigenvalue weighted by Crippen LogP contribution is -2.56. The summed E-state index contributed by atoms with van der Waals surface area (Å²) in [5, 5.41) is 15.0. The highest BCUT2D eigenvalue weighted by Crippen LogP contribution is 2.50. The van der Waals surface area contributed by atoms with E-state index in [1.807, 2.05) is 25.5 Å². The van der Waals surface area contributed by atoms with Gasteiger partial charge in [0.25, 0.3) is 0 Å². The van der Waals surface area contributed by atoms with E-state index in [2.05, 4.69) is 25.2 Å². The number of rotatable bonds is 6. The molecule has 0 spiro atoms. The fourth-order valence-electron chi connectivity index (χ4n) is 4.74. The van der Waals surface area contributed by atoms with Gasteiger partial charge in [0.1, 0.15) is 11.9 Å². The van der Waals surface area contributed by atoms with Gasteiger partial charge in [-0.2, -0.15) is 0 Å². The fourth-order valence-corrected chi connectivity index (χ4v) is 4.74. The Morgan fingerprint density at radius 2 is 2.26 bits per heavy atom. The number of esters is 1. The summed E-state index contributed by atoms with van der Waals surface area (Å²) in [4.78, 5) is 11.4. The van der Waals surface area contributed by atoms with Gasteiger partial charge in [-0.15, -0.1) is 0 Å². The molecule has 1 heterocycles. The Labute approximate surface area is 162 Å². The number of fused-ring (bicyclic) bond motifs is 1. The van der Waals surface area contributed by atoms with Crippen LogP contribution in [0.15, 0.2) is 34.5 Å². The Morgan fingerprint density at radius 3 is 2.93 bits per heavy atom. The molecule has 0 bridgehead atoms. The Kier molecular flexibility index (Phi) is 6.11. The molecular formula is C22H32NO4. The third kappa shape index (κ3) is 4.30. The third-order valence-electron chi connectivity index (χ3n) is 6.40. The van der Waals surface area contributed by atoms with Crippen molar-refractivity contribution in [1.29, 1.82) is 0 Å². The number of ether oxygens (including phenoxy) is 1. The smallest absolute Gasteiger partial charge is 0.303 e. The lowest BCUT2D eigenvalue weighted by atomic mass is 9.57. The van der Waals surface area contributed by atoms with E-state index in [0.717, 1.165) is 30.7 Å². The Hall–Kier alpha value is -1.59. The van der Waals surface area contributed by atoms with Gasteiger partial charge in [0.15, 0.2) is 0 Å². The number of hydrogen-bond acceptors (Lipinski definition) is 5. The molecule has 1 fully saturated rings. The van der Waals surface area contributed by atoms with Crippen molar-refractivity contribution in [2.45, 2.75) is 58.8 Å². The number of carbonyl (C=O) groups is 1. The normalized spacial score (nSPS) is 34.5. The van der Waals surface area contributed by atoms with Gasteiger partial charge in [0, 0.05) is 19.3 Å². The van der Waals surface area contributed by atoms with Crippen LogP contribution in [0.25, 0.3) is 0 Å². The molecule has 0 saturated heterocycles. The Bertz CT molecular complexity index is 668. The highest BCUT2D eigenvalue weighted by atomic mass is 16.5. The van der Waals surface area contributed by atoms with Gasteiger partial charge >= 0.3 is 5.97 Å². The minimum Gasteiger partial charge on any atom is -0.468 e. The van der Waals surface area contributed by atoms with Crippen LogP contribution >= 0.6 is 0 Å². The zero-order valence-electron chi connectivity index (χ0n) is 16.8. The van der Waals surface area contributed by atoms with E-state index >= 15 is 0 Å². The molecule has 1 unspecified atom stereocenters. The van der Waals surface area contributed by atoms with E-state index in [1.54, 1.807) is 6.26 Å². The first-order chi connectivity index (χ1) is 12.8. The molecule has 3 rings (SSSR count). The van der Waals surface area contributed by atoms with Gasteiger partial charge < -0.3 is 19.6 Å². The standard InChI is InChI=1S/C22H32NO4/c1-14-10-20-19(15(2)12-23-13-18-6-5-9-26-18)8-7-16(3)22(20,25)11-21(14)27-17(4)24/h5-6,9-11,15-16,19-21,23,25H,7-8,12-13H2,1-4H3/t15?,16-,19+,20-,21-,22-/m1/s1. The summed E-state index contributed by atoms with van der Waals surface area (Å²) >= 11 is 0. The zero-order chi connectivity index (χ0) is 19.6. The quantitative estimate of drug-likeness (QED) is 0.589. The first kappa shape index (κ1) is 20.2. The zero-order valence-corrected chi connectivity index (χ0v) is 16.8. The largest absolute Gasteiger partial charge is 0.468 e. The number of aliphatic hydroxyl groups is 1. The van der Waals surface area contributed by atoms with Gasteiger partial charge in [-0.25, -0.2) is 0 Å². The van der Waals surface area contributed by atoms with Crippen molar-refractivity contribution in [1.82, 2.24) is 5.32 Å². The van der Waals surface area contributed by atoms with Crippen LogP contribution in [0.5, 0.6) is 0 Å². The molecule has 2 aliphatic rings. The maximum atomic E-state index is 11.5. The molecular weight excluding hydrogens is 342 g/mol. The number of nitrogens with one attached hydrogen (secondary N) is 1. The molecule has 1 saturated carbocycles. The number of carbonyl (C=O) groups excluding carboxylic acids is 1. The molecule has 1 aromatic rings. The lowest BCUT2D eigenvalue weighted by molar-refractivity contribution is -0.148. The van der Waals surface area contributed by atoms with E-state index in [-0.39, 0.29) is 17.8 Å². The van der Waals surface area contributed by atoms with Crippen molar-refractivity contribution >= 4 is 5.97 Å². The second-order valence-electron chi connectivity index (χ2n) is 8.35. The van der Waals surface area contributed by atoms with Crippen LogP contribution in [0.2, 0.25) is 0 Å². The predicted octanol–water partition coefficient (Wildman–Crippen LogP) is 3.49. The van der Waals surface area contributed by atoms with Gasteiger partial charge in [0.2, 0.25) is 0 Å².